The van der Waals surface area contributed by atoms with Crippen molar-refractivity contribution in [1.82, 2.24) is 10.3 Å². The van der Waals surface area contributed by atoms with Crippen LogP contribution >= 0.6 is 0 Å². The first-order valence-electron chi connectivity index (χ1n) is 8.93. The van der Waals surface area contributed by atoms with Crippen LogP contribution in [0.25, 0.3) is 0 Å². The van der Waals surface area contributed by atoms with Gasteiger partial charge in [-0.3, -0.25) is 9.69 Å². The maximum absolute atomic E-state index is 12.3. The summed E-state index contributed by atoms with van der Waals surface area (Å²) in [4.78, 5) is 14.7. The third-order valence-corrected chi connectivity index (χ3v) is 4.57. The fraction of sp³-hybridized carbons (Fsp3) is 0.333. The molecule has 1 aliphatic heterocycles. The molecule has 2 aromatic carbocycles. The van der Waals surface area contributed by atoms with Crippen molar-refractivity contribution in [2.45, 2.75) is 19.9 Å². The molecule has 0 radical (unpaired) electrons. The molecule has 1 saturated heterocycles. The van der Waals surface area contributed by atoms with Crippen molar-refractivity contribution in [3.63, 3.8) is 0 Å². The Kier molecular flexibility index (Phi) is 6.15. The molecule has 0 bridgehead atoms. The molecule has 1 fully saturated rings. The Morgan fingerprint density at radius 2 is 1.73 bits per heavy atom. The smallest absolute Gasteiger partial charge is 0.271 e. The molecule has 0 saturated carbocycles. The molecule has 5 heteroatoms. The highest BCUT2D eigenvalue weighted by Crippen LogP contribution is 2.23. The molecule has 1 atom stereocenters. The van der Waals surface area contributed by atoms with Crippen LogP contribution in [0.5, 0.6) is 0 Å². The number of ether oxygens (including phenoxy) is 1. The van der Waals surface area contributed by atoms with Gasteiger partial charge in [0.05, 0.1) is 25.0 Å². The summed E-state index contributed by atoms with van der Waals surface area (Å²) < 4.78 is 5.48. The Bertz CT molecular complexity index is 751. The maximum Gasteiger partial charge on any atom is 0.271 e. The highest BCUT2D eigenvalue weighted by molar-refractivity contribution is 5.96. The molecule has 0 unspecified atom stereocenters. The largest absolute Gasteiger partial charge is 0.379 e. The summed E-state index contributed by atoms with van der Waals surface area (Å²) in [5, 5.41) is 4.41. The molecule has 0 aliphatic carbocycles. The Balaban J connectivity index is 1.77. The third kappa shape index (κ3) is 4.56. The molecule has 0 aromatic heterocycles. The topological polar surface area (TPSA) is 53.9 Å². The van der Waals surface area contributed by atoms with Gasteiger partial charge in [-0.15, -0.1) is 0 Å². The van der Waals surface area contributed by atoms with Crippen molar-refractivity contribution in [3.05, 3.63) is 71.3 Å². The lowest BCUT2D eigenvalue weighted by Crippen LogP contribution is -2.42. The summed E-state index contributed by atoms with van der Waals surface area (Å²) in [7, 11) is 0. The molecular weight excluding hydrogens is 326 g/mol. The van der Waals surface area contributed by atoms with Gasteiger partial charge in [0.2, 0.25) is 0 Å². The fourth-order valence-electron chi connectivity index (χ4n) is 3.16. The lowest BCUT2D eigenvalue weighted by molar-refractivity contribution is 0.0285. The van der Waals surface area contributed by atoms with Gasteiger partial charge in [0.25, 0.3) is 5.91 Å². The number of benzene rings is 2. The number of hydrogen-bond acceptors (Lipinski definition) is 4. The SMILES string of the molecule is C/C(=N/NC(=O)c1ccc(C)cc1)[C@@H](c1ccccc1)N1CCOCC1. The van der Waals surface area contributed by atoms with Crippen molar-refractivity contribution >= 4 is 11.6 Å². The molecule has 5 nitrogen and oxygen atoms in total. The average molecular weight is 351 g/mol. The quantitative estimate of drug-likeness (QED) is 0.665. The number of amides is 1. The van der Waals surface area contributed by atoms with Crippen LogP contribution in [0.2, 0.25) is 0 Å². The van der Waals surface area contributed by atoms with Gasteiger partial charge in [-0.05, 0) is 31.5 Å². The zero-order chi connectivity index (χ0) is 18.4. The molecular formula is C21H25N3O2. The van der Waals surface area contributed by atoms with Crippen LogP contribution in [0.1, 0.15) is 34.5 Å². The first-order valence-corrected chi connectivity index (χ1v) is 8.93. The molecule has 0 spiro atoms. The van der Waals surface area contributed by atoms with Gasteiger partial charge in [0, 0.05) is 18.7 Å². The number of carbonyl (C=O) groups excluding carboxylic acids is 1. The summed E-state index contributed by atoms with van der Waals surface area (Å²) in [6.07, 6.45) is 0. The van der Waals surface area contributed by atoms with E-state index in [4.69, 9.17) is 4.74 Å². The number of aryl methyl sites for hydroxylation is 1. The number of nitrogens with one attached hydrogen (secondary N) is 1. The monoisotopic (exact) mass is 351 g/mol. The number of rotatable bonds is 5. The average Bonchev–Trinajstić information content (AvgIpc) is 2.68. The van der Waals surface area contributed by atoms with E-state index in [1.165, 1.54) is 5.56 Å². The lowest BCUT2D eigenvalue weighted by atomic mass is 10.0. The van der Waals surface area contributed by atoms with Crippen molar-refractivity contribution < 1.29 is 9.53 Å². The van der Waals surface area contributed by atoms with Crippen LogP contribution in [0.15, 0.2) is 59.7 Å². The summed E-state index contributed by atoms with van der Waals surface area (Å²) in [6, 6.07) is 17.8. The second kappa shape index (κ2) is 8.74. The molecule has 2 aromatic rings. The van der Waals surface area contributed by atoms with Crippen LogP contribution < -0.4 is 5.43 Å². The Labute approximate surface area is 154 Å². The van der Waals surface area contributed by atoms with Gasteiger partial charge in [-0.25, -0.2) is 5.43 Å². The minimum absolute atomic E-state index is 0.0263. The van der Waals surface area contributed by atoms with E-state index in [2.05, 4.69) is 27.6 Å². The van der Waals surface area contributed by atoms with E-state index >= 15 is 0 Å². The first kappa shape index (κ1) is 18.3. The molecule has 1 N–H and O–H groups in total. The van der Waals surface area contributed by atoms with E-state index in [1.807, 2.05) is 56.3 Å². The number of carbonyl (C=O) groups is 1. The van der Waals surface area contributed by atoms with Crippen LogP contribution in [0.3, 0.4) is 0 Å². The fourth-order valence-corrected chi connectivity index (χ4v) is 3.16. The van der Waals surface area contributed by atoms with E-state index in [0.29, 0.717) is 18.8 Å². The minimum Gasteiger partial charge on any atom is -0.379 e. The Morgan fingerprint density at radius 3 is 2.38 bits per heavy atom. The van der Waals surface area contributed by atoms with Gasteiger partial charge in [-0.1, -0.05) is 48.0 Å². The van der Waals surface area contributed by atoms with E-state index in [-0.39, 0.29) is 11.9 Å². The van der Waals surface area contributed by atoms with E-state index in [0.717, 1.165) is 24.4 Å². The summed E-state index contributed by atoms with van der Waals surface area (Å²) in [6.45, 7) is 7.08. The second-order valence-electron chi connectivity index (χ2n) is 6.52. The van der Waals surface area contributed by atoms with E-state index in [9.17, 15) is 4.79 Å². The predicted octanol–water partition coefficient (Wildman–Crippen LogP) is 3.17. The van der Waals surface area contributed by atoms with E-state index in [1.54, 1.807) is 0 Å². The normalized spacial score (nSPS) is 16.9. The van der Waals surface area contributed by atoms with Gasteiger partial charge < -0.3 is 4.74 Å². The summed E-state index contributed by atoms with van der Waals surface area (Å²) >= 11 is 0. The molecule has 1 aliphatic rings. The Morgan fingerprint density at radius 1 is 1.08 bits per heavy atom. The van der Waals surface area contributed by atoms with Crippen LogP contribution in [0, 0.1) is 6.92 Å². The molecule has 1 amide bonds. The number of nitrogens with zero attached hydrogens (tertiary/aromatic N) is 2. The number of hydrogen-bond donors (Lipinski definition) is 1. The van der Waals surface area contributed by atoms with Crippen molar-refractivity contribution in [2.75, 3.05) is 26.3 Å². The zero-order valence-corrected chi connectivity index (χ0v) is 15.3. The highest BCUT2D eigenvalue weighted by Gasteiger charge is 2.25. The molecule has 1 heterocycles. The van der Waals surface area contributed by atoms with Gasteiger partial charge in [-0.2, -0.15) is 5.10 Å². The summed E-state index contributed by atoms with van der Waals surface area (Å²) in [5.74, 6) is -0.196. The Hall–Kier alpha value is -2.50. The maximum atomic E-state index is 12.3. The van der Waals surface area contributed by atoms with Gasteiger partial charge in [0.15, 0.2) is 0 Å². The minimum atomic E-state index is -0.196. The third-order valence-electron chi connectivity index (χ3n) is 4.57. The van der Waals surface area contributed by atoms with Gasteiger partial charge >= 0.3 is 0 Å². The number of hydrazone groups is 1. The van der Waals surface area contributed by atoms with Crippen molar-refractivity contribution in [1.29, 1.82) is 0 Å². The van der Waals surface area contributed by atoms with E-state index < -0.39 is 0 Å². The summed E-state index contributed by atoms with van der Waals surface area (Å²) in [5.41, 5.74) is 6.45. The second-order valence-corrected chi connectivity index (χ2v) is 6.52. The lowest BCUT2D eigenvalue weighted by Gasteiger charge is -2.34. The van der Waals surface area contributed by atoms with Crippen LogP contribution in [-0.2, 0) is 4.74 Å². The van der Waals surface area contributed by atoms with Crippen LogP contribution in [0.4, 0.5) is 0 Å². The molecule has 26 heavy (non-hydrogen) atoms. The van der Waals surface area contributed by atoms with Crippen molar-refractivity contribution in [2.24, 2.45) is 5.10 Å². The van der Waals surface area contributed by atoms with Crippen LogP contribution in [-0.4, -0.2) is 42.8 Å². The van der Waals surface area contributed by atoms with Gasteiger partial charge in [0.1, 0.15) is 0 Å². The predicted molar refractivity (Wildman–Crippen MR) is 103 cm³/mol. The molecule has 3 rings (SSSR count). The van der Waals surface area contributed by atoms with Crippen molar-refractivity contribution in [3.8, 4) is 0 Å². The number of morpholine rings is 1. The molecule has 136 valence electrons. The zero-order valence-electron chi connectivity index (χ0n) is 15.3. The highest BCUT2D eigenvalue weighted by atomic mass is 16.5. The standard InChI is InChI=1S/C21H25N3O2/c1-16-8-10-19(11-9-16)21(25)23-22-17(2)20(18-6-4-3-5-7-18)24-12-14-26-15-13-24/h3-11,20H,12-15H2,1-2H3,(H,23,25)/b22-17-/t20-/m0/s1. The first-order chi connectivity index (χ1) is 12.6.